The van der Waals surface area contributed by atoms with Gasteiger partial charge in [-0.25, -0.2) is 0 Å². The minimum Gasteiger partial charge on any atom is -0.468 e. The number of nitrogens with one attached hydrogen (secondary N) is 1. The average Bonchev–Trinajstić information content (AvgIpc) is 3.74. The van der Waals surface area contributed by atoms with Gasteiger partial charge >= 0.3 is 0 Å². The van der Waals surface area contributed by atoms with E-state index < -0.39 is 5.92 Å². The lowest BCUT2D eigenvalue weighted by atomic mass is 9.80. The highest BCUT2D eigenvalue weighted by molar-refractivity contribution is 7.10. The van der Waals surface area contributed by atoms with Gasteiger partial charge in [0, 0.05) is 35.6 Å². The van der Waals surface area contributed by atoms with Crippen LogP contribution in [0.4, 0.5) is 0 Å². The molecule has 0 radical (unpaired) electrons. The van der Waals surface area contributed by atoms with Crippen molar-refractivity contribution >= 4 is 23.2 Å². The van der Waals surface area contributed by atoms with Crippen LogP contribution in [0.15, 0.2) is 64.6 Å². The van der Waals surface area contributed by atoms with Crippen molar-refractivity contribution in [3.8, 4) is 0 Å². The lowest BCUT2D eigenvalue weighted by Crippen LogP contribution is -2.50. The molecule has 2 amide bonds. The summed E-state index contributed by atoms with van der Waals surface area (Å²) in [6.45, 7) is 6.67. The largest absolute Gasteiger partial charge is 0.468 e. The third kappa shape index (κ3) is 5.59. The highest BCUT2D eigenvalue weighted by atomic mass is 32.1. The number of furan rings is 1. The minimum atomic E-state index is -0.420. The van der Waals surface area contributed by atoms with Crippen molar-refractivity contribution < 1.29 is 14.0 Å². The molecule has 2 aliphatic rings. The van der Waals surface area contributed by atoms with E-state index in [2.05, 4.69) is 35.0 Å². The maximum Gasteiger partial charge on any atom is 0.254 e. The maximum atomic E-state index is 14.0. The molecule has 202 valence electrons. The van der Waals surface area contributed by atoms with Crippen LogP contribution in [-0.2, 0) is 11.3 Å². The zero-order valence-electron chi connectivity index (χ0n) is 22.5. The normalized spacial score (nSPS) is 20.6. The zero-order chi connectivity index (χ0) is 26.5. The number of amides is 2. The van der Waals surface area contributed by atoms with Crippen molar-refractivity contribution in [3.63, 3.8) is 0 Å². The van der Waals surface area contributed by atoms with E-state index in [9.17, 15) is 9.59 Å². The number of fused-ring (bicyclic) bond motifs is 1. The van der Waals surface area contributed by atoms with E-state index in [4.69, 9.17) is 4.42 Å². The molecule has 1 saturated carbocycles. The third-order valence-corrected chi connectivity index (χ3v) is 9.23. The van der Waals surface area contributed by atoms with Crippen LogP contribution in [0, 0.1) is 0 Å². The number of thiophene rings is 1. The number of hydrogen-bond donors (Lipinski definition) is 1. The number of carbonyl (C=O) groups is 2. The Bertz CT molecular complexity index is 1190. The Balaban J connectivity index is 1.34. The highest BCUT2D eigenvalue weighted by Crippen LogP contribution is 2.47. The first kappa shape index (κ1) is 26.7. The summed E-state index contributed by atoms with van der Waals surface area (Å²) >= 11 is 1.64. The second-order valence-corrected chi connectivity index (χ2v) is 11.6. The summed E-state index contributed by atoms with van der Waals surface area (Å²) in [6.07, 6.45) is 7.90. The van der Waals surface area contributed by atoms with Crippen LogP contribution in [0.25, 0.3) is 0 Å². The Morgan fingerprint density at radius 2 is 1.97 bits per heavy atom. The van der Waals surface area contributed by atoms with E-state index in [0.29, 0.717) is 18.2 Å². The highest BCUT2D eigenvalue weighted by Gasteiger charge is 2.47. The summed E-state index contributed by atoms with van der Waals surface area (Å²) in [5.41, 5.74) is 1.52. The molecule has 1 aromatic carbocycles. The second-order valence-electron chi connectivity index (χ2n) is 10.6. The van der Waals surface area contributed by atoms with E-state index in [1.165, 1.54) is 0 Å². The minimum absolute atomic E-state index is 0.00692. The Kier molecular flexibility index (Phi) is 8.65. The summed E-state index contributed by atoms with van der Waals surface area (Å²) in [7, 11) is 0. The molecule has 1 N–H and O–H groups in total. The van der Waals surface area contributed by atoms with Crippen molar-refractivity contribution in [2.45, 2.75) is 83.0 Å². The van der Waals surface area contributed by atoms with E-state index in [1.807, 2.05) is 47.8 Å². The molecule has 0 saturated heterocycles. The summed E-state index contributed by atoms with van der Waals surface area (Å²) in [5, 5.41) is 5.31. The Morgan fingerprint density at radius 3 is 2.68 bits per heavy atom. The van der Waals surface area contributed by atoms with Gasteiger partial charge in [0.05, 0.1) is 24.8 Å². The van der Waals surface area contributed by atoms with Gasteiger partial charge in [0.2, 0.25) is 5.91 Å². The Hall–Kier alpha value is -2.90. The van der Waals surface area contributed by atoms with Crippen LogP contribution in [0.2, 0.25) is 0 Å². The lowest BCUT2D eigenvalue weighted by Gasteiger charge is -2.44. The predicted octanol–water partition coefficient (Wildman–Crippen LogP) is 6.37. The van der Waals surface area contributed by atoms with Crippen molar-refractivity contribution in [3.05, 3.63) is 81.9 Å². The molecule has 6 nitrogen and oxygen atoms in total. The van der Waals surface area contributed by atoms with Crippen LogP contribution in [0.1, 0.15) is 90.9 Å². The van der Waals surface area contributed by atoms with Crippen LogP contribution in [-0.4, -0.2) is 46.8 Å². The van der Waals surface area contributed by atoms with Gasteiger partial charge in [0.25, 0.3) is 5.91 Å². The molecule has 1 fully saturated rings. The summed E-state index contributed by atoms with van der Waals surface area (Å²) in [5.74, 6) is 0.616. The standard InChI is InChI=1S/C31H39N3O3S/c1-3-22(2)33(21-24-13-8-19-37-24)18-10-17-32-30(35)28-25-14-6-7-15-26(25)31(36)34(23-11-4-5-12-23)29(28)27-16-9-20-38-27/h6-9,13-16,19-20,22-23,28-29H,3-5,10-12,17-18,21H2,1-2H3,(H,32,35)/t22-,28+,29-/m0/s1. The maximum absolute atomic E-state index is 14.0. The van der Waals surface area contributed by atoms with Gasteiger partial charge in [-0.05, 0) is 67.8 Å². The van der Waals surface area contributed by atoms with Crippen LogP contribution >= 0.6 is 11.3 Å². The van der Waals surface area contributed by atoms with E-state index >= 15 is 0 Å². The van der Waals surface area contributed by atoms with Gasteiger partial charge in [-0.1, -0.05) is 44.0 Å². The van der Waals surface area contributed by atoms with Gasteiger partial charge in [-0.2, -0.15) is 0 Å². The van der Waals surface area contributed by atoms with E-state index in [0.717, 1.165) is 67.8 Å². The number of rotatable bonds is 11. The number of hydrogen-bond acceptors (Lipinski definition) is 5. The lowest BCUT2D eigenvalue weighted by molar-refractivity contribution is -0.124. The fraction of sp³-hybridized carbons (Fsp3) is 0.484. The van der Waals surface area contributed by atoms with Crippen LogP contribution in [0.5, 0.6) is 0 Å². The number of nitrogens with zero attached hydrogens (tertiary/aromatic N) is 2. The monoisotopic (exact) mass is 533 g/mol. The quantitative estimate of drug-likeness (QED) is 0.291. The SMILES string of the molecule is CC[C@H](C)N(CCCNC(=O)[C@@H]1c2ccccc2C(=O)N(C2CCCC2)[C@H]1c1cccs1)Cc1ccco1. The molecule has 0 spiro atoms. The third-order valence-electron chi connectivity index (χ3n) is 8.29. The fourth-order valence-corrected chi connectivity index (χ4v) is 6.96. The second kappa shape index (κ2) is 12.3. The van der Waals surface area contributed by atoms with Crippen molar-refractivity contribution in [2.24, 2.45) is 0 Å². The molecule has 0 unspecified atom stereocenters. The van der Waals surface area contributed by atoms with Gasteiger partial charge in [0.15, 0.2) is 0 Å². The van der Waals surface area contributed by atoms with Crippen LogP contribution in [0.3, 0.4) is 0 Å². The number of benzene rings is 1. The molecule has 1 aliphatic carbocycles. The molecule has 3 aromatic rings. The van der Waals surface area contributed by atoms with E-state index in [1.54, 1.807) is 17.6 Å². The predicted molar refractivity (Wildman–Crippen MR) is 151 cm³/mol. The van der Waals surface area contributed by atoms with Gasteiger partial charge < -0.3 is 14.6 Å². The average molecular weight is 534 g/mol. The number of carbonyl (C=O) groups excluding carboxylic acids is 2. The molecule has 1 aliphatic heterocycles. The molecule has 7 heteroatoms. The molecular weight excluding hydrogens is 494 g/mol. The molecule has 38 heavy (non-hydrogen) atoms. The first-order valence-electron chi connectivity index (χ1n) is 14.1. The Morgan fingerprint density at radius 1 is 1.16 bits per heavy atom. The van der Waals surface area contributed by atoms with Gasteiger partial charge in [0.1, 0.15) is 5.76 Å². The van der Waals surface area contributed by atoms with Crippen molar-refractivity contribution in [2.75, 3.05) is 13.1 Å². The van der Waals surface area contributed by atoms with Gasteiger partial charge in [-0.15, -0.1) is 11.3 Å². The molecular formula is C31H39N3O3S. The van der Waals surface area contributed by atoms with Gasteiger partial charge in [-0.3, -0.25) is 14.5 Å². The molecule has 2 aromatic heterocycles. The summed E-state index contributed by atoms with van der Waals surface area (Å²) in [4.78, 5) is 33.3. The van der Waals surface area contributed by atoms with Crippen LogP contribution < -0.4 is 5.32 Å². The topological polar surface area (TPSA) is 65.8 Å². The molecule has 5 rings (SSSR count). The first-order chi connectivity index (χ1) is 18.6. The van der Waals surface area contributed by atoms with Crippen molar-refractivity contribution in [1.82, 2.24) is 15.1 Å². The first-order valence-corrected chi connectivity index (χ1v) is 15.0. The smallest absolute Gasteiger partial charge is 0.254 e. The van der Waals surface area contributed by atoms with E-state index in [-0.39, 0.29) is 23.9 Å². The van der Waals surface area contributed by atoms with Crippen molar-refractivity contribution in [1.29, 1.82) is 0 Å². The summed E-state index contributed by atoms with van der Waals surface area (Å²) < 4.78 is 5.58. The molecule has 3 heterocycles. The Labute approximate surface area is 230 Å². The molecule has 0 bridgehead atoms. The summed E-state index contributed by atoms with van der Waals surface area (Å²) in [6, 6.07) is 16.1. The zero-order valence-corrected chi connectivity index (χ0v) is 23.3. The fourth-order valence-electron chi connectivity index (χ4n) is 6.10. The molecule has 3 atom stereocenters.